The van der Waals surface area contributed by atoms with E-state index in [4.69, 9.17) is 0 Å². The second-order valence-corrected chi connectivity index (χ2v) is 10.7. The Labute approximate surface area is 218 Å². The van der Waals surface area contributed by atoms with Gasteiger partial charge in [-0.15, -0.1) is 11.3 Å². The number of hydrogen-bond acceptors (Lipinski definition) is 1. The largest absolute Gasteiger partial charge is 0.135 e. The van der Waals surface area contributed by atoms with Crippen LogP contribution in [0.2, 0.25) is 0 Å². The molecule has 0 saturated carbocycles. The van der Waals surface area contributed by atoms with E-state index in [1.807, 2.05) is 11.3 Å². The van der Waals surface area contributed by atoms with E-state index in [0.717, 1.165) is 0 Å². The Morgan fingerprint density at radius 1 is 0.243 bits per heavy atom. The molecule has 37 heavy (non-hydrogen) atoms. The summed E-state index contributed by atoms with van der Waals surface area (Å²) < 4.78 is 2.66. The van der Waals surface area contributed by atoms with Crippen LogP contribution >= 0.6 is 11.3 Å². The molecule has 0 saturated heterocycles. The quantitative estimate of drug-likeness (QED) is 0.200. The van der Waals surface area contributed by atoms with Gasteiger partial charge >= 0.3 is 0 Å². The molecule has 7 aromatic carbocycles. The SMILES string of the molecule is c1ccc2c(c1)sc1ccc3c4ccccc4c4ccccc4c4ccccc4c4ccccc4c3c12. The van der Waals surface area contributed by atoms with Crippen molar-refractivity contribution in [1.82, 2.24) is 0 Å². The molecule has 0 aliphatic rings. The van der Waals surface area contributed by atoms with Crippen molar-refractivity contribution in [1.29, 1.82) is 0 Å². The molecule has 0 N–H and O–H groups in total. The van der Waals surface area contributed by atoms with E-state index >= 15 is 0 Å². The smallest absolute Gasteiger partial charge is 0.0362 e. The second kappa shape index (κ2) is 8.03. The fourth-order valence-electron chi connectivity index (χ4n) is 6.12. The lowest BCUT2D eigenvalue weighted by Crippen LogP contribution is -1.83. The summed E-state index contributed by atoms with van der Waals surface area (Å²) in [6.07, 6.45) is 0. The summed E-state index contributed by atoms with van der Waals surface area (Å²) in [7, 11) is 0. The third kappa shape index (κ3) is 3.02. The monoisotopic (exact) mass is 486 g/mol. The molecular formula is C36H22S. The fraction of sp³-hybridized carbons (Fsp3) is 0. The van der Waals surface area contributed by atoms with Gasteiger partial charge in [0.25, 0.3) is 0 Å². The van der Waals surface area contributed by atoms with Gasteiger partial charge in [-0.2, -0.15) is 0 Å². The van der Waals surface area contributed by atoms with E-state index in [1.54, 1.807) is 0 Å². The molecule has 0 aliphatic carbocycles. The van der Waals surface area contributed by atoms with Crippen molar-refractivity contribution in [2.45, 2.75) is 0 Å². The molecule has 0 atom stereocenters. The zero-order chi connectivity index (χ0) is 24.3. The van der Waals surface area contributed by atoms with Crippen molar-refractivity contribution in [2.24, 2.45) is 0 Å². The van der Waals surface area contributed by atoms with E-state index in [-0.39, 0.29) is 0 Å². The first-order chi connectivity index (χ1) is 18.4. The fourth-order valence-corrected chi connectivity index (χ4v) is 7.23. The van der Waals surface area contributed by atoms with Crippen LogP contribution in [0.3, 0.4) is 0 Å². The summed E-state index contributed by atoms with van der Waals surface area (Å²) in [5, 5.41) is 15.5. The van der Waals surface area contributed by atoms with E-state index in [2.05, 4.69) is 133 Å². The van der Waals surface area contributed by atoms with Crippen LogP contribution in [0.4, 0.5) is 0 Å². The summed E-state index contributed by atoms with van der Waals surface area (Å²) in [5.41, 5.74) is 0. The molecule has 1 heteroatoms. The van der Waals surface area contributed by atoms with E-state index < -0.39 is 0 Å². The van der Waals surface area contributed by atoms with Gasteiger partial charge in [0.1, 0.15) is 0 Å². The summed E-state index contributed by atoms with van der Waals surface area (Å²) in [5.74, 6) is 0. The topological polar surface area (TPSA) is 0 Å². The van der Waals surface area contributed by atoms with Crippen molar-refractivity contribution < 1.29 is 0 Å². The Hall–Kier alpha value is -4.46. The van der Waals surface area contributed by atoms with Gasteiger partial charge in [0.15, 0.2) is 0 Å². The summed E-state index contributed by atoms with van der Waals surface area (Å²) in [6.45, 7) is 0. The van der Waals surface area contributed by atoms with Crippen LogP contribution < -0.4 is 0 Å². The molecule has 0 spiro atoms. The minimum absolute atomic E-state index is 1.27. The molecule has 0 radical (unpaired) electrons. The Bertz CT molecular complexity index is 2170. The molecule has 0 fully saturated rings. The maximum absolute atomic E-state index is 2.35. The van der Waals surface area contributed by atoms with E-state index in [1.165, 1.54) is 74.0 Å². The number of benzene rings is 6. The van der Waals surface area contributed by atoms with Gasteiger partial charge in [0, 0.05) is 20.2 Å². The molecule has 0 amide bonds. The Morgan fingerprint density at radius 3 is 1.08 bits per heavy atom. The zero-order valence-corrected chi connectivity index (χ0v) is 20.9. The predicted molar refractivity (Wildman–Crippen MR) is 164 cm³/mol. The highest BCUT2D eigenvalue weighted by Crippen LogP contribution is 2.43. The van der Waals surface area contributed by atoms with Gasteiger partial charge in [0.2, 0.25) is 0 Å². The van der Waals surface area contributed by atoms with Crippen molar-refractivity contribution in [3.63, 3.8) is 0 Å². The number of hydrogen-bond donors (Lipinski definition) is 0. The van der Waals surface area contributed by atoms with E-state index in [0.29, 0.717) is 0 Å². The maximum atomic E-state index is 2.35. The highest BCUT2D eigenvalue weighted by molar-refractivity contribution is 7.26. The Balaban J connectivity index is 1.87. The van der Waals surface area contributed by atoms with Crippen molar-refractivity contribution in [3.05, 3.63) is 133 Å². The molecule has 8 aromatic rings. The Morgan fingerprint density at radius 2 is 0.595 bits per heavy atom. The van der Waals surface area contributed by atoms with Crippen LogP contribution in [0.15, 0.2) is 133 Å². The highest BCUT2D eigenvalue weighted by Gasteiger charge is 2.13. The molecule has 0 unspecified atom stereocenters. The molecule has 0 nitrogen and oxygen atoms in total. The van der Waals surface area contributed by atoms with Gasteiger partial charge in [-0.05, 0) is 66.0 Å². The molecule has 1 heterocycles. The maximum Gasteiger partial charge on any atom is 0.0362 e. The average Bonchev–Trinajstić information content (AvgIpc) is 3.35. The molecule has 0 aliphatic heterocycles. The summed E-state index contributed by atoms with van der Waals surface area (Å²) >= 11 is 1.89. The second-order valence-electron chi connectivity index (χ2n) is 9.64. The average molecular weight is 487 g/mol. The van der Waals surface area contributed by atoms with Gasteiger partial charge in [-0.3, -0.25) is 0 Å². The summed E-state index contributed by atoms with van der Waals surface area (Å²) in [4.78, 5) is 0. The number of rotatable bonds is 0. The lowest BCUT2D eigenvalue weighted by atomic mass is 9.93. The lowest BCUT2D eigenvalue weighted by Gasteiger charge is -2.10. The zero-order valence-electron chi connectivity index (χ0n) is 20.1. The molecular weight excluding hydrogens is 464 g/mol. The van der Waals surface area contributed by atoms with Crippen LogP contribution in [0, 0.1) is 0 Å². The standard InChI is InChI=1S/C36H22S/c1-2-13-25-23(11-1)24-12-3-4-14-26(24)28-16-7-8-18-30(28)35-31(29-17-6-5-15-27(25)29)21-22-34-36(35)32-19-9-10-20-33(32)37-34/h1-22H. The minimum Gasteiger partial charge on any atom is -0.135 e. The van der Waals surface area contributed by atoms with Gasteiger partial charge in [-0.25, -0.2) is 0 Å². The predicted octanol–water partition coefficient (Wildman–Crippen LogP) is 10.9. The minimum atomic E-state index is 1.27. The van der Waals surface area contributed by atoms with Gasteiger partial charge < -0.3 is 0 Å². The molecule has 172 valence electrons. The van der Waals surface area contributed by atoms with Gasteiger partial charge in [-0.1, -0.05) is 121 Å². The third-order valence-electron chi connectivity index (χ3n) is 7.68. The van der Waals surface area contributed by atoms with Crippen molar-refractivity contribution in [3.8, 4) is 0 Å². The van der Waals surface area contributed by atoms with Crippen molar-refractivity contribution >= 4 is 85.4 Å². The third-order valence-corrected chi connectivity index (χ3v) is 8.82. The molecule has 0 bridgehead atoms. The van der Waals surface area contributed by atoms with E-state index in [9.17, 15) is 0 Å². The van der Waals surface area contributed by atoms with Crippen LogP contribution in [0.1, 0.15) is 0 Å². The molecule has 8 rings (SSSR count). The highest BCUT2D eigenvalue weighted by atomic mass is 32.1. The first-order valence-corrected chi connectivity index (χ1v) is 13.5. The van der Waals surface area contributed by atoms with Crippen molar-refractivity contribution in [2.75, 3.05) is 0 Å². The number of fused-ring (bicyclic) bond motifs is 14. The Kier molecular flexibility index (Phi) is 4.49. The van der Waals surface area contributed by atoms with Crippen LogP contribution in [-0.2, 0) is 0 Å². The first-order valence-electron chi connectivity index (χ1n) is 12.7. The van der Waals surface area contributed by atoms with Crippen LogP contribution in [-0.4, -0.2) is 0 Å². The van der Waals surface area contributed by atoms with Crippen LogP contribution in [0.5, 0.6) is 0 Å². The first kappa shape index (κ1) is 20.7. The normalized spacial score (nSPS) is 11.8. The number of thiophene rings is 1. The molecule has 1 aromatic heterocycles. The lowest BCUT2D eigenvalue weighted by molar-refractivity contribution is 1.78. The van der Waals surface area contributed by atoms with Gasteiger partial charge in [0.05, 0.1) is 0 Å². The van der Waals surface area contributed by atoms with Crippen LogP contribution in [0.25, 0.3) is 74.0 Å². The summed E-state index contributed by atoms with van der Waals surface area (Å²) in [6, 6.07) is 49.1.